The molecule has 3 nitrogen and oxygen atoms in total. The highest BCUT2D eigenvalue weighted by Crippen LogP contribution is 2.04. The molecule has 0 N–H and O–H groups in total. The second-order valence-corrected chi connectivity index (χ2v) is 3.39. The zero-order valence-corrected chi connectivity index (χ0v) is 9.79. The molecule has 0 radical (unpaired) electrons. The third-order valence-corrected chi connectivity index (χ3v) is 1.99. The van der Waals surface area contributed by atoms with Gasteiger partial charge in [0.15, 0.2) is 11.6 Å². The summed E-state index contributed by atoms with van der Waals surface area (Å²) in [5.41, 5.74) is 1.22. The number of carbonyl (C=O) groups is 2. The monoisotopic (exact) mass is 210 g/mol. The average Bonchev–Trinajstić information content (AvgIpc) is 2.52. The first-order chi connectivity index (χ1) is 6.99. The zero-order chi connectivity index (χ0) is 11.8. The Balaban J connectivity index is 0.000000262. The van der Waals surface area contributed by atoms with Crippen molar-refractivity contribution in [3.63, 3.8) is 0 Å². The topological polar surface area (TPSA) is 47.3 Å². The highest BCUT2D eigenvalue weighted by atomic mass is 16.3. The predicted molar refractivity (Wildman–Crippen MR) is 58.8 cm³/mol. The van der Waals surface area contributed by atoms with E-state index in [-0.39, 0.29) is 11.6 Å². The fourth-order valence-corrected chi connectivity index (χ4v) is 0.852. The van der Waals surface area contributed by atoms with E-state index in [0.717, 1.165) is 12.2 Å². The minimum Gasteiger partial charge on any atom is -0.469 e. The number of hydrogen-bond acceptors (Lipinski definition) is 3. The van der Waals surface area contributed by atoms with Gasteiger partial charge in [0.05, 0.1) is 6.26 Å². The molecule has 0 aliphatic heterocycles. The van der Waals surface area contributed by atoms with Crippen LogP contribution in [0.5, 0.6) is 0 Å². The fourth-order valence-electron chi connectivity index (χ4n) is 0.852. The number of rotatable bonds is 3. The molecule has 0 amide bonds. The van der Waals surface area contributed by atoms with Crippen LogP contribution in [0.25, 0.3) is 0 Å². The van der Waals surface area contributed by atoms with Gasteiger partial charge in [-0.15, -0.1) is 0 Å². The lowest BCUT2D eigenvalue weighted by Crippen LogP contribution is -2.07. The molecule has 0 aliphatic rings. The maximum absolute atomic E-state index is 10.4. The van der Waals surface area contributed by atoms with Crippen LogP contribution in [0.1, 0.15) is 38.0 Å². The molecule has 1 aromatic heterocycles. The lowest BCUT2D eigenvalue weighted by molar-refractivity contribution is -0.135. The van der Waals surface area contributed by atoms with Crippen LogP contribution in [0.4, 0.5) is 0 Å². The molecule has 1 heterocycles. The summed E-state index contributed by atoms with van der Waals surface area (Å²) in [6.07, 6.45) is 2.86. The third-order valence-electron chi connectivity index (χ3n) is 1.99. The lowest BCUT2D eigenvalue weighted by Gasteiger charge is -1.87. The van der Waals surface area contributed by atoms with E-state index in [4.69, 9.17) is 4.42 Å². The van der Waals surface area contributed by atoms with Crippen LogP contribution in [0, 0.1) is 13.8 Å². The van der Waals surface area contributed by atoms with Gasteiger partial charge in [-0.3, -0.25) is 9.59 Å². The minimum atomic E-state index is -0.327. The van der Waals surface area contributed by atoms with Crippen molar-refractivity contribution in [2.24, 2.45) is 0 Å². The van der Waals surface area contributed by atoms with Crippen molar-refractivity contribution in [1.29, 1.82) is 0 Å². The van der Waals surface area contributed by atoms with Crippen molar-refractivity contribution < 1.29 is 14.0 Å². The fraction of sp³-hybridized carbons (Fsp3) is 0.500. The Morgan fingerprint density at radius 2 is 1.93 bits per heavy atom. The summed E-state index contributed by atoms with van der Waals surface area (Å²) in [7, 11) is 0. The predicted octanol–water partition coefficient (Wildman–Crippen LogP) is 2.84. The number of ketones is 2. The Kier molecular flexibility index (Phi) is 6.34. The Morgan fingerprint density at radius 3 is 2.07 bits per heavy atom. The van der Waals surface area contributed by atoms with Gasteiger partial charge in [-0.2, -0.15) is 0 Å². The first kappa shape index (κ1) is 13.6. The summed E-state index contributed by atoms with van der Waals surface area (Å²) in [6, 6.07) is 1.95. The quantitative estimate of drug-likeness (QED) is 0.721. The van der Waals surface area contributed by atoms with E-state index in [1.165, 1.54) is 12.5 Å². The molecule has 1 aromatic rings. The number of aryl methyl sites for hydroxylation is 2. The largest absolute Gasteiger partial charge is 0.469 e. The first-order valence-electron chi connectivity index (χ1n) is 5.03. The van der Waals surface area contributed by atoms with E-state index < -0.39 is 0 Å². The van der Waals surface area contributed by atoms with Crippen LogP contribution >= 0.6 is 0 Å². The lowest BCUT2D eigenvalue weighted by atomic mass is 10.2. The molecule has 0 bridgehead atoms. The summed E-state index contributed by atoms with van der Waals surface area (Å²) in [4.78, 5) is 20.6. The molecule has 15 heavy (non-hydrogen) atoms. The van der Waals surface area contributed by atoms with E-state index in [1.807, 2.05) is 26.8 Å². The highest BCUT2D eigenvalue weighted by Gasteiger charge is 2.03. The normalized spacial score (nSPS) is 9.07. The highest BCUT2D eigenvalue weighted by molar-refractivity contribution is 6.36. The van der Waals surface area contributed by atoms with Gasteiger partial charge in [0.1, 0.15) is 5.76 Å². The summed E-state index contributed by atoms with van der Waals surface area (Å²) < 4.78 is 4.96. The van der Waals surface area contributed by atoms with E-state index in [9.17, 15) is 9.59 Å². The molecule has 84 valence electrons. The molecule has 0 unspecified atom stereocenters. The molecule has 0 aliphatic carbocycles. The molecule has 0 saturated carbocycles. The standard InChI is InChI=1S/C6H10O2.C6H8O/c1-3-4-6(8)5(2)7;1-5-3-4-7-6(5)2/h3-4H2,1-2H3;3-4H,1-2H3. The van der Waals surface area contributed by atoms with E-state index in [2.05, 4.69) is 0 Å². The Labute approximate surface area is 90.5 Å². The van der Waals surface area contributed by atoms with E-state index >= 15 is 0 Å². The van der Waals surface area contributed by atoms with Crippen molar-refractivity contribution in [1.82, 2.24) is 0 Å². The van der Waals surface area contributed by atoms with Crippen molar-refractivity contribution >= 4 is 11.6 Å². The van der Waals surface area contributed by atoms with Crippen LogP contribution in [-0.2, 0) is 9.59 Å². The number of carbonyl (C=O) groups excluding carboxylic acids is 2. The minimum absolute atomic E-state index is 0.257. The summed E-state index contributed by atoms with van der Waals surface area (Å²) >= 11 is 0. The van der Waals surface area contributed by atoms with E-state index in [0.29, 0.717) is 6.42 Å². The molecule has 0 aromatic carbocycles. The second-order valence-electron chi connectivity index (χ2n) is 3.39. The van der Waals surface area contributed by atoms with Gasteiger partial charge in [0, 0.05) is 13.3 Å². The third kappa shape index (κ3) is 5.83. The van der Waals surface area contributed by atoms with Gasteiger partial charge in [-0.1, -0.05) is 6.92 Å². The van der Waals surface area contributed by atoms with Gasteiger partial charge in [0.25, 0.3) is 0 Å². The average molecular weight is 210 g/mol. The van der Waals surface area contributed by atoms with Crippen molar-refractivity contribution in [2.45, 2.75) is 40.5 Å². The molecule has 0 atom stereocenters. The maximum Gasteiger partial charge on any atom is 0.198 e. The molecule has 0 fully saturated rings. The second kappa shape index (κ2) is 6.98. The molecule has 0 spiro atoms. The van der Waals surface area contributed by atoms with Gasteiger partial charge in [-0.05, 0) is 31.9 Å². The molecular formula is C12H18O3. The van der Waals surface area contributed by atoms with Crippen LogP contribution in [0.3, 0.4) is 0 Å². The smallest absolute Gasteiger partial charge is 0.198 e. The SMILES string of the molecule is CCCC(=O)C(C)=O.Cc1ccoc1C. The first-order valence-corrected chi connectivity index (χ1v) is 5.03. The number of furan rings is 1. The van der Waals surface area contributed by atoms with Crippen LogP contribution in [0.2, 0.25) is 0 Å². The van der Waals surface area contributed by atoms with Gasteiger partial charge < -0.3 is 4.42 Å². The maximum atomic E-state index is 10.4. The van der Waals surface area contributed by atoms with E-state index in [1.54, 1.807) is 6.26 Å². The number of Topliss-reactive ketones (excluding diaryl/α,β-unsaturated/α-hetero) is 2. The van der Waals surface area contributed by atoms with Gasteiger partial charge >= 0.3 is 0 Å². The summed E-state index contributed by atoms with van der Waals surface area (Å²) in [6.45, 7) is 7.16. The summed E-state index contributed by atoms with van der Waals surface area (Å²) in [5.74, 6) is 0.430. The van der Waals surface area contributed by atoms with Crippen molar-refractivity contribution in [3.05, 3.63) is 23.7 Å². The van der Waals surface area contributed by atoms with Crippen LogP contribution in [-0.4, -0.2) is 11.6 Å². The van der Waals surface area contributed by atoms with Crippen LogP contribution in [0.15, 0.2) is 16.7 Å². The Hall–Kier alpha value is -1.38. The molecule has 1 rings (SSSR count). The van der Waals surface area contributed by atoms with Crippen molar-refractivity contribution in [3.8, 4) is 0 Å². The van der Waals surface area contributed by atoms with Gasteiger partial charge in [0.2, 0.25) is 0 Å². The van der Waals surface area contributed by atoms with Crippen molar-refractivity contribution in [2.75, 3.05) is 0 Å². The molecular weight excluding hydrogens is 192 g/mol. The van der Waals surface area contributed by atoms with Crippen LogP contribution < -0.4 is 0 Å². The molecule has 3 heteroatoms. The number of hydrogen-bond donors (Lipinski definition) is 0. The Morgan fingerprint density at radius 1 is 1.33 bits per heavy atom. The Bertz CT molecular complexity index is 307. The summed E-state index contributed by atoms with van der Waals surface area (Å²) in [5, 5.41) is 0. The van der Waals surface area contributed by atoms with Gasteiger partial charge in [-0.25, -0.2) is 0 Å². The molecule has 0 saturated heterocycles. The zero-order valence-electron chi connectivity index (χ0n) is 9.79.